The van der Waals surface area contributed by atoms with Gasteiger partial charge in [-0.25, -0.2) is 0 Å². The van der Waals surface area contributed by atoms with E-state index < -0.39 is 18.1 Å². The zero-order chi connectivity index (χ0) is 23.4. The minimum Gasteiger partial charge on any atom is -0.465 e. The predicted molar refractivity (Wildman–Crippen MR) is 118 cm³/mol. The van der Waals surface area contributed by atoms with Gasteiger partial charge in [0, 0.05) is 23.2 Å². The van der Waals surface area contributed by atoms with Crippen LogP contribution in [0.1, 0.15) is 53.4 Å². The minimum absolute atomic E-state index is 0.0591. The Morgan fingerprint density at radius 3 is 2.62 bits per heavy atom. The quantitative estimate of drug-likeness (QED) is 0.633. The molecule has 3 fully saturated rings. The van der Waals surface area contributed by atoms with Crippen molar-refractivity contribution in [1.82, 2.24) is 0 Å². The largest absolute Gasteiger partial charge is 0.465 e. The fourth-order valence-electron chi connectivity index (χ4n) is 7.70. The van der Waals surface area contributed by atoms with E-state index in [1.54, 1.807) is 26.0 Å². The van der Waals surface area contributed by atoms with E-state index >= 15 is 0 Å². The maximum atomic E-state index is 12.5. The first-order valence-electron chi connectivity index (χ1n) is 12.0. The molecule has 3 saturated carbocycles. The van der Waals surface area contributed by atoms with Crippen LogP contribution < -0.4 is 0 Å². The van der Waals surface area contributed by atoms with Crippen LogP contribution in [0, 0.1) is 46.3 Å². The number of ketones is 2. The van der Waals surface area contributed by atoms with E-state index in [-0.39, 0.29) is 65.1 Å². The summed E-state index contributed by atoms with van der Waals surface area (Å²) in [4.78, 5) is 37.0. The third-order valence-corrected chi connectivity index (χ3v) is 9.10. The summed E-state index contributed by atoms with van der Waals surface area (Å²) in [5, 5.41) is 20.9. The molecule has 0 amide bonds. The Bertz CT molecular complexity index is 872. The second-order valence-electron chi connectivity index (χ2n) is 11.2. The van der Waals surface area contributed by atoms with Crippen LogP contribution in [-0.4, -0.2) is 47.1 Å². The highest BCUT2D eigenvalue weighted by molar-refractivity contribution is 6.01. The fourth-order valence-corrected chi connectivity index (χ4v) is 7.70. The number of esters is 1. The molecule has 32 heavy (non-hydrogen) atoms. The maximum absolute atomic E-state index is 12.5. The van der Waals surface area contributed by atoms with Crippen molar-refractivity contribution in [2.75, 3.05) is 13.2 Å². The lowest BCUT2D eigenvalue weighted by atomic mass is 9.45. The molecule has 6 heteroatoms. The molecule has 4 aliphatic carbocycles. The van der Waals surface area contributed by atoms with E-state index in [1.165, 1.54) is 0 Å². The van der Waals surface area contributed by atoms with Crippen LogP contribution in [-0.2, 0) is 19.1 Å². The molecular formula is C26H36O6. The zero-order valence-electron chi connectivity index (χ0n) is 19.5. The molecule has 2 N–H and O–H groups in total. The lowest BCUT2D eigenvalue weighted by Gasteiger charge is -2.60. The Labute approximate surface area is 190 Å². The van der Waals surface area contributed by atoms with Gasteiger partial charge in [-0.15, -0.1) is 0 Å². The first-order chi connectivity index (χ1) is 15.0. The second kappa shape index (κ2) is 8.21. The fraction of sp³-hybridized carbons (Fsp3) is 0.731. The first kappa shape index (κ1) is 23.4. The van der Waals surface area contributed by atoms with Gasteiger partial charge in [0.25, 0.3) is 0 Å². The van der Waals surface area contributed by atoms with E-state index in [1.807, 2.05) is 6.08 Å². The molecule has 0 aromatic heterocycles. The molecule has 6 nitrogen and oxygen atoms in total. The number of fused-ring (bicyclic) bond motifs is 5. The van der Waals surface area contributed by atoms with Gasteiger partial charge in [0.2, 0.25) is 0 Å². The Hall–Kier alpha value is -1.79. The smallest absolute Gasteiger partial charge is 0.308 e. The average molecular weight is 445 g/mol. The number of rotatable bonds is 5. The lowest BCUT2D eigenvalue weighted by molar-refractivity contribution is -0.154. The molecule has 4 aliphatic rings. The number of aliphatic hydroxyl groups excluding tert-OH is 2. The van der Waals surface area contributed by atoms with E-state index in [4.69, 9.17) is 4.74 Å². The van der Waals surface area contributed by atoms with Gasteiger partial charge in [0.05, 0.1) is 18.6 Å². The number of aliphatic hydroxyl groups is 2. The number of ether oxygens (including phenoxy) is 1. The number of hydrogen-bond acceptors (Lipinski definition) is 6. The monoisotopic (exact) mass is 444 g/mol. The van der Waals surface area contributed by atoms with Crippen molar-refractivity contribution in [3.05, 3.63) is 23.8 Å². The van der Waals surface area contributed by atoms with E-state index in [9.17, 15) is 24.6 Å². The lowest BCUT2D eigenvalue weighted by Crippen LogP contribution is -2.58. The van der Waals surface area contributed by atoms with Crippen LogP contribution in [0.3, 0.4) is 0 Å². The summed E-state index contributed by atoms with van der Waals surface area (Å²) in [5.41, 5.74) is 0.100. The van der Waals surface area contributed by atoms with Gasteiger partial charge in [-0.2, -0.15) is 0 Å². The molecule has 0 aromatic rings. The molecule has 0 aliphatic heterocycles. The summed E-state index contributed by atoms with van der Waals surface area (Å²) in [7, 11) is 0. The summed E-state index contributed by atoms with van der Waals surface area (Å²) in [6.07, 6.45) is 7.46. The number of Topliss-reactive ketones (excluding diaryl/α,β-unsaturated/α-hetero) is 1. The van der Waals surface area contributed by atoms with Crippen LogP contribution in [0.5, 0.6) is 0 Å². The van der Waals surface area contributed by atoms with Crippen molar-refractivity contribution in [3.63, 3.8) is 0 Å². The molecule has 8 atom stereocenters. The van der Waals surface area contributed by atoms with Crippen molar-refractivity contribution in [2.45, 2.75) is 59.5 Å². The highest BCUT2D eigenvalue weighted by Gasteiger charge is 2.63. The molecule has 0 radical (unpaired) electrons. The Morgan fingerprint density at radius 2 is 1.97 bits per heavy atom. The van der Waals surface area contributed by atoms with Crippen LogP contribution in [0.25, 0.3) is 0 Å². The Balaban J connectivity index is 1.70. The minimum atomic E-state index is -0.612. The van der Waals surface area contributed by atoms with Gasteiger partial charge in [0.1, 0.15) is 6.61 Å². The number of carbonyl (C=O) groups excluding carboxylic acids is 3. The highest BCUT2D eigenvalue weighted by atomic mass is 16.5. The Kier molecular flexibility index (Phi) is 6.00. The van der Waals surface area contributed by atoms with Gasteiger partial charge in [0.15, 0.2) is 11.6 Å². The topological polar surface area (TPSA) is 101 Å². The van der Waals surface area contributed by atoms with Crippen LogP contribution in [0.15, 0.2) is 23.8 Å². The third kappa shape index (κ3) is 3.50. The molecule has 0 bridgehead atoms. The van der Waals surface area contributed by atoms with Crippen molar-refractivity contribution in [3.8, 4) is 0 Å². The van der Waals surface area contributed by atoms with Gasteiger partial charge in [-0.1, -0.05) is 33.8 Å². The van der Waals surface area contributed by atoms with Gasteiger partial charge >= 0.3 is 5.97 Å². The SMILES string of the molecule is CC(C)C(=O)OC[C@H]1C[C@@H]2[C@H]([C@@H](O)C[C@]3(C)[C@@H](C(=O)CO)CC[C@@H]23)[C@@]2(C)C=CC(=O)C=C12. The summed E-state index contributed by atoms with van der Waals surface area (Å²) in [6.45, 7) is 7.56. The van der Waals surface area contributed by atoms with Crippen LogP contribution >= 0.6 is 0 Å². The Morgan fingerprint density at radius 1 is 1.25 bits per heavy atom. The standard InChI is InChI=1S/C26H36O6/c1-14(2)24(31)32-13-15-9-17-18-5-6-19(22(30)12-27)26(18,4)11-21(29)23(17)25(3)8-7-16(28)10-20(15)25/h7-8,10,14-15,17-19,21,23,27,29H,5-6,9,11-13H2,1-4H3/t15-,17+,18+,19-,21+,23-,25+,26+/m1/s1. The molecule has 4 rings (SSSR count). The van der Waals surface area contributed by atoms with Crippen molar-refractivity contribution in [1.29, 1.82) is 0 Å². The summed E-state index contributed by atoms with van der Waals surface area (Å²) in [6, 6.07) is 0. The van der Waals surface area contributed by atoms with Gasteiger partial charge in [-0.05, 0) is 60.7 Å². The van der Waals surface area contributed by atoms with Gasteiger partial charge in [-0.3, -0.25) is 14.4 Å². The molecular weight excluding hydrogens is 408 g/mol. The molecule has 176 valence electrons. The second-order valence-corrected chi connectivity index (χ2v) is 11.2. The summed E-state index contributed by atoms with van der Waals surface area (Å²) in [5.74, 6) is -0.689. The van der Waals surface area contributed by atoms with E-state index in [0.717, 1.165) is 24.8 Å². The molecule has 0 spiro atoms. The molecule has 0 aromatic carbocycles. The summed E-state index contributed by atoms with van der Waals surface area (Å²) < 4.78 is 5.63. The van der Waals surface area contributed by atoms with Crippen LogP contribution in [0.4, 0.5) is 0 Å². The number of hydrogen-bond donors (Lipinski definition) is 2. The van der Waals surface area contributed by atoms with Crippen LogP contribution in [0.2, 0.25) is 0 Å². The molecule has 0 heterocycles. The van der Waals surface area contributed by atoms with Crippen molar-refractivity contribution in [2.24, 2.45) is 46.3 Å². The zero-order valence-corrected chi connectivity index (χ0v) is 19.5. The first-order valence-corrected chi connectivity index (χ1v) is 12.0. The number of allylic oxidation sites excluding steroid dienone is 3. The van der Waals surface area contributed by atoms with Crippen molar-refractivity contribution < 1.29 is 29.3 Å². The average Bonchev–Trinajstić information content (AvgIpc) is 3.08. The number of carbonyl (C=O) groups is 3. The van der Waals surface area contributed by atoms with E-state index in [0.29, 0.717) is 6.42 Å². The van der Waals surface area contributed by atoms with Crippen molar-refractivity contribution >= 4 is 17.5 Å². The normalized spacial score (nSPS) is 42.7. The molecule has 0 saturated heterocycles. The highest BCUT2D eigenvalue weighted by Crippen LogP contribution is 2.66. The van der Waals surface area contributed by atoms with Gasteiger partial charge < -0.3 is 14.9 Å². The predicted octanol–water partition coefficient (Wildman–Crippen LogP) is 2.87. The molecule has 0 unspecified atom stereocenters. The third-order valence-electron chi connectivity index (χ3n) is 9.10. The van der Waals surface area contributed by atoms with E-state index in [2.05, 4.69) is 13.8 Å². The summed E-state index contributed by atoms with van der Waals surface area (Å²) >= 11 is 0. The maximum Gasteiger partial charge on any atom is 0.308 e.